The van der Waals surface area contributed by atoms with E-state index >= 15 is 0 Å². The Morgan fingerprint density at radius 1 is 1.73 bits per heavy atom. The van der Waals surface area contributed by atoms with Crippen molar-refractivity contribution in [3.63, 3.8) is 0 Å². The van der Waals surface area contributed by atoms with E-state index in [2.05, 4.69) is 4.90 Å². The van der Waals surface area contributed by atoms with Gasteiger partial charge in [-0.2, -0.15) is 0 Å². The van der Waals surface area contributed by atoms with Gasteiger partial charge < -0.3 is 9.45 Å². The van der Waals surface area contributed by atoms with E-state index in [4.69, 9.17) is 0 Å². The second kappa shape index (κ2) is 3.62. The summed E-state index contributed by atoms with van der Waals surface area (Å²) in [7, 11) is 3.62. The third-order valence-corrected chi connectivity index (χ3v) is 2.88. The van der Waals surface area contributed by atoms with Gasteiger partial charge in [-0.25, -0.2) is 4.31 Å². The highest BCUT2D eigenvalue weighted by molar-refractivity contribution is 7.76. The predicted molar refractivity (Wildman–Crippen MR) is 42.6 cm³/mol. The third-order valence-electron chi connectivity index (χ3n) is 2.12. The number of nitrogens with zero attached hydrogens (tertiary/aromatic N) is 2. The molecular weight excluding hydrogens is 164 g/mol. The zero-order valence-corrected chi connectivity index (χ0v) is 7.63. The van der Waals surface area contributed by atoms with Crippen LogP contribution in [0, 0.1) is 0 Å². The van der Waals surface area contributed by atoms with Crippen molar-refractivity contribution in [3.05, 3.63) is 0 Å². The number of hydrogen-bond donors (Lipinski definition) is 0. The molecule has 0 aromatic rings. The molecule has 4 nitrogen and oxygen atoms in total. The number of hydrogen-bond acceptors (Lipinski definition) is 3. The summed E-state index contributed by atoms with van der Waals surface area (Å²) < 4.78 is 22.4. The lowest BCUT2D eigenvalue weighted by Gasteiger charge is -2.25. The van der Waals surface area contributed by atoms with Crippen LogP contribution in [0.1, 0.15) is 6.42 Å². The minimum Gasteiger partial charge on any atom is -0.760 e. The molecule has 0 saturated carbocycles. The standard InChI is InChI=1S/C6H14N2O2S/c1-7-4-3-6(5-7)8(2)11(9)10/h6H,3-5H2,1-2H3,(H,9,10)/p-1. The Kier molecular flexibility index (Phi) is 3.00. The third kappa shape index (κ3) is 2.23. The van der Waals surface area contributed by atoms with E-state index in [0.717, 1.165) is 19.5 Å². The maximum absolute atomic E-state index is 10.5. The second-order valence-corrected chi connectivity index (χ2v) is 3.98. The number of likely N-dealkylation sites (N-methyl/N-ethyl adjacent to an activating group) is 2. The lowest BCUT2D eigenvalue weighted by atomic mass is 10.3. The molecule has 0 aliphatic carbocycles. The van der Waals surface area contributed by atoms with Crippen LogP contribution in [0.4, 0.5) is 0 Å². The Balaban J connectivity index is 2.43. The van der Waals surface area contributed by atoms with E-state index in [-0.39, 0.29) is 6.04 Å². The highest BCUT2D eigenvalue weighted by Crippen LogP contribution is 2.12. The summed E-state index contributed by atoms with van der Waals surface area (Å²) >= 11 is -2.06. The summed E-state index contributed by atoms with van der Waals surface area (Å²) in [5.74, 6) is 0. The Morgan fingerprint density at radius 3 is 2.73 bits per heavy atom. The van der Waals surface area contributed by atoms with Crippen molar-refractivity contribution < 1.29 is 8.76 Å². The molecule has 1 aliphatic rings. The minimum atomic E-state index is -2.06. The highest BCUT2D eigenvalue weighted by Gasteiger charge is 2.23. The van der Waals surface area contributed by atoms with Crippen molar-refractivity contribution in [3.8, 4) is 0 Å². The van der Waals surface area contributed by atoms with Gasteiger partial charge in [-0.05, 0) is 27.1 Å². The van der Waals surface area contributed by atoms with Crippen LogP contribution < -0.4 is 0 Å². The van der Waals surface area contributed by atoms with Gasteiger partial charge >= 0.3 is 0 Å². The van der Waals surface area contributed by atoms with Crippen molar-refractivity contribution in [1.29, 1.82) is 0 Å². The average Bonchev–Trinajstić information content (AvgIpc) is 2.34. The van der Waals surface area contributed by atoms with Crippen LogP contribution in [0.3, 0.4) is 0 Å². The fraction of sp³-hybridized carbons (Fsp3) is 1.00. The zero-order valence-electron chi connectivity index (χ0n) is 6.82. The molecule has 0 radical (unpaired) electrons. The van der Waals surface area contributed by atoms with Gasteiger partial charge in [0.15, 0.2) is 0 Å². The number of rotatable bonds is 2. The molecule has 2 atom stereocenters. The molecule has 0 spiro atoms. The Labute approximate surface area is 69.6 Å². The van der Waals surface area contributed by atoms with Crippen LogP contribution in [-0.4, -0.2) is 51.2 Å². The molecule has 0 bridgehead atoms. The molecule has 5 heteroatoms. The van der Waals surface area contributed by atoms with E-state index in [9.17, 15) is 8.76 Å². The molecule has 1 rings (SSSR count). The summed E-state index contributed by atoms with van der Waals surface area (Å²) in [6, 6.07) is 0.179. The predicted octanol–water partition coefficient (Wildman–Crippen LogP) is -0.584. The van der Waals surface area contributed by atoms with Gasteiger partial charge in [0, 0.05) is 23.9 Å². The van der Waals surface area contributed by atoms with Crippen molar-refractivity contribution in [2.45, 2.75) is 12.5 Å². The van der Waals surface area contributed by atoms with E-state index in [1.807, 2.05) is 7.05 Å². The molecule has 1 heterocycles. The Morgan fingerprint density at radius 2 is 2.36 bits per heavy atom. The molecule has 0 aromatic carbocycles. The minimum absolute atomic E-state index is 0.179. The molecule has 1 fully saturated rings. The summed E-state index contributed by atoms with van der Waals surface area (Å²) in [6.07, 6.45) is 0.945. The van der Waals surface area contributed by atoms with Crippen LogP contribution in [0.5, 0.6) is 0 Å². The summed E-state index contributed by atoms with van der Waals surface area (Å²) in [4.78, 5) is 2.13. The maximum atomic E-state index is 10.5. The average molecular weight is 177 g/mol. The molecule has 66 valence electrons. The normalized spacial score (nSPS) is 29.6. The van der Waals surface area contributed by atoms with Crippen LogP contribution in [0.2, 0.25) is 0 Å². The monoisotopic (exact) mass is 177 g/mol. The smallest absolute Gasteiger partial charge is 0.0351 e. The fourth-order valence-electron chi connectivity index (χ4n) is 1.33. The Bertz CT molecular complexity index is 165. The molecule has 0 aromatic heterocycles. The number of likely N-dealkylation sites (tertiary alicyclic amines) is 1. The first-order chi connectivity index (χ1) is 5.11. The summed E-state index contributed by atoms with van der Waals surface area (Å²) in [5, 5.41) is 0. The van der Waals surface area contributed by atoms with Crippen molar-refractivity contribution >= 4 is 11.3 Å². The van der Waals surface area contributed by atoms with E-state index in [1.54, 1.807) is 7.05 Å². The van der Waals surface area contributed by atoms with Gasteiger partial charge in [-0.1, -0.05) is 0 Å². The van der Waals surface area contributed by atoms with Gasteiger partial charge in [0.25, 0.3) is 0 Å². The van der Waals surface area contributed by atoms with Crippen LogP contribution in [-0.2, 0) is 11.3 Å². The van der Waals surface area contributed by atoms with Gasteiger partial charge in [0.2, 0.25) is 0 Å². The van der Waals surface area contributed by atoms with E-state index in [1.165, 1.54) is 4.31 Å². The van der Waals surface area contributed by atoms with Crippen LogP contribution in [0.15, 0.2) is 0 Å². The molecule has 0 N–H and O–H groups in total. The molecule has 1 saturated heterocycles. The second-order valence-electron chi connectivity index (χ2n) is 2.97. The van der Waals surface area contributed by atoms with Crippen molar-refractivity contribution in [2.24, 2.45) is 0 Å². The van der Waals surface area contributed by atoms with Crippen molar-refractivity contribution in [1.82, 2.24) is 9.21 Å². The van der Waals surface area contributed by atoms with Gasteiger partial charge in [0.05, 0.1) is 0 Å². The molecule has 1 aliphatic heterocycles. The first kappa shape index (κ1) is 9.12. The largest absolute Gasteiger partial charge is 0.760 e. The maximum Gasteiger partial charge on any atom is 0.0351 e. The SMILES string of the molecule is CN1CCC(N(C)S(=O)[O-])C1. The van der Waals surface area contributed by atoms with Gasteiger partial charge in [-0.3, -0.25) is 4.21 Å². The van der Waals surface area contributed by atoms with Gasteiger partial charge in [-0.15, -0.1) is 0 Å². The zero-order chi connectivity index (χ0) is 8.43. The lowest BCUT2D eigenvalue weighted by Crippen LogP contribution is -2.34. The molecular formula is C6H13N2O2S-. The fourth-order valence-corrected chi connectivity index (χ4v) is 1.75. The van der Waals surface area contributed by atoms with Crippen molar-refractivity contribution in [2.75, 3.05) is 27.2 Å². The summed E-state index contributed by atoms with van der Waals surface area (Å²) in [5.41, 5.74) is 0. The first-order valence-corrected chi connectivity index (χ1v) is 4.65. The lowest BCUT2D eigenvalue weighted by molar-refractivity contribution is 0.336. The highest BCUT2D eigenvalue weighted by atomic mass is 32.2. The van der Waals surface area contributed by atoms with Gasteiger partial charge in [0.1, 0.15) is 0 Å². The molecule has 0 amide bonds. The topological polar surface area (TPSA) is 46.6 Å². The van der Waals surface area contributed by atoms with E-state index < -0.39 is 11.3 Å². The quantitative estimate of drug-likeness (QED) is 0.530. The van der Waals surface area contributed by atoms with Crippen LogP contribution >= 0.6 is 0 Å². The first-order valence-electron chi connectivity index (χ1n) is 3.62. The molecule has 2 unspecified atom stereocenters. The van der Waals surface area contributed by atoms with E-state index in [0.29, 0.717) is 0 Å². The van der Waals surface area contributed by atoms with Crippen LogP contribution in [0.25, 0.3) is 0 Å². The summed E-state index contributed by atoms with van der Waals surface area (Å²) in [6.45, 7) is 1.84. The molecule has 11 heavy (non-hydrogen) atoms. The Hall–Kier alpha value is 0.0300.